The van der Waals surface area contributed by atoms with Gasteiger partial charge in [0.25, 0.3) is 5.91 Å². The number of rotatable bonds is 3. The number of carbonyl (C=O) groups is 1. The highest BCUT2D eigenvalue weighted by molar-refractivity contribution is 5.92. The fourth-order valence-electron chi connectivity index (χ4n) is 1.24. The van der Waals surface area contributed by atoms with Crippen LogP contribution in [0.3, 0.4) is 0 Å². The lowest BCUT2D eigenvalue weighted by Gasteiger charge is -2.17. The third-order valence-corrected chi connectivity index (χ3v) is 1.84. The summed E-state index contributed by atoms with van der Waals surface area (Å²) in [7, 11) is 3.50. The first-order chi connectivity index (χ1) is 6.50. The van der Waals surface area contributed by atoms with E-state index in [1.165, 1.54) is 0 Å². The van der Waals surface area contributed by atoms with E-state index >= 15 is 0 Å². The molecule has 1 rings (SSSR count). The maximum Gasteiger partial charge on any atom is 0.274 e. The molecule has 1 aromatic rings. The topological polar surface area (TPSA) is 64.2 Å². The molecule has 0 aromatic carbocycles. The zero-order valence-corrected chi connectivity index (χ0v) is 8.77. The van der Waals surface area contributed by atoms with Crippen molar-refractivity contribution in [2.45, 2.75) is 13.0 Å². The van der Waals surface area contributed by atoms with Crippen molar-refractivity contribution >= 4 is 5.91 Å². The Labute approximate surface area is 83.5 Å². The van der Waals surface area contributed by atoms with Crippen LogP contribution in [0.5, 0.6) is 0 Å². The Morgan fingerprint density at radius 2 is 2.43 bits per heavy atom. The lowest BCUT2D eigenvalue weighted by Crippen LogP contribution is -2.37. The summed E-state index contributed by atoms with van der Waals surface area (Å²) in [6, 6.07) is 1.67. The summed E-state index contributed by atoms with van der Waals surface area (Å²) in [4.78, 5) is 13.3. The molecule has 14 heavy (non-hydrogen) atoms. The van der Waals surface area contributed by atoms with Crippen molar-refractivity contribution in [1.29, 1.82) is 0 Å². The number of nitrogens with zero attached hydrogens (tertiary/aromatic N) is 3. The molecule has 0 spiro atoms. The minimum Gasteiger partial charge on any atom is -0.339 e. The summed E-state index contributed by atoms with van der Waals surface area (Å²) in [5, 5.41) is 4.02. The predicted molar refractivity (Wildman–Crippen MR) is 53.8 cm³/mol. The number of aromatic nitrogens is 2. The number of carbonyl (C=O) groups excluding carboxylic acids is 1. The second kappa shape index (κ2) is 4.23. The zero-order valence-electron chi connectivity index (χ0n) is 8.77. The second-order valence-electron chi connectivity index (χ2n) is 3.54. The van der Waals surface area contributed by atoms with Crippen LogP contribution >= 0.6 is 0 Å². The van der Waals surface area contributed by atoms with E-state index in [0.29, 0.717) is 12.2 Å². The van der Waals surface area contributed by atoms with Gasteiger partial charge in [-0.25, -0.2) is 0 Å². The molecule has 0 aliphatic heterocycles. The molecule has 1 heterocycles. The number of hydrogen-bond acceptors (Lipinski definition) is 3. The summed E-state index contributed by atoms with van der Waals surface area (Å²) >= 11 is 0. The van der Waals surface area contributed by atoms with Gasteiger partial charge < -0.3 is 10.6 Å². The number of hydrogen-bond donors (Lipinski definition) is 1. The van der Waals surface area contributed by atoms with Crippen molar-refractivity contribution in [2.24, 2.45) is 12.8 Å². The first-order valence-electron chi connectivity index (χ1n) is 4.51. The van der Waals surface area contributed by atoms with Gasteiger partial charge in [-0.3, -0.25) is 9.48 Å². The number of nitrogens with two attached hydrogens (primary N) is 1. The van der Waals surface area contributed by atoms with Crippen LogP contribution in [0.15, 0.2) is 12.3 Å². The summed E-state index contributed by atoms with van der Waals surface area (Å²) in [5.74, 6) is -0.0945. The Kier molecular flexibility index (Phi) is 3.24. The van der Waals surface area contributed by atoms with Crippen LogP contribution in [0.4, 0.5) is 0 Å². The van der Waals surface area contributed by atoms with Crippen molar-refractivity contribution in [3.05, 3.63) is 18.0 Å². The van der Waals surface area contributed by atoms with Gasteiger partial charge in [-0.2, -0.15) is 5.10 Å². The van der Waals surface area contributed by atoms with Gasteiger partial charge in [0.15, 0.2) is 0 Å². The maximum absolute atomic E-state index is 11.7. The van der Waals surface area contributed by atoms with Gasteiger partial charge >= 0.3 is 0 Å². The summed E-state index contributed by atoms with van der Waals surface area (Å²) in [5.41, 5.74) is 6.05. The molecule has 0 radical (unpaired) electrons. The lowest BCUT2D eigenvalue weighted by atomic mass is 10.3. The van der Waals surface area contributed by atoms with E-state index in [1.54, 1.807) is 35.9 Å². The van der Waals surface area contributed by atoms with E-state index in [1.807, 2.05) is 6.92 Å². The number of aryl methyl sites for hydroxylation is 1. The highest BCUT2D eigenvalue weighted by Crippen LogP contribution is 1.99. The molecule has 0 saturated carbocycles. The Bertz CT molecular complexity index is 318. The quantitative estimate of drug-likeness (QED) is 0.730. The minimum absolute atomic E-state index is 0.0207. The van der Waals surface area contributed by atoms with E-state index in [0.717, 1.165) is 0 Å². The largest absolute Gasteiger partial charge is 0.339 e. The van der Waals surface area contributed by atoms with Gasteiger partial charge in [-0.15, -0.1) is 0 Å². The van der Waals surface area contributed by atoms with E-state index in [2.05, 4.69) is 5.10 Å². The summed E-state index contributed by atoms with van der Waals surface area (Å²) < 4.78 is 1.60. The molecular formula is C9H16N4O. The summed E-state index contributed by atoms with van der Waals surface area (Å²) in [6.45, 7) is 2.40. The van der Waals surface area contributed by atoms with Gasteiger partial charge in [0.05, 0.1) is 0 Å². The Morgan fingerprint density at radius 1 is 1.79 bits per heavy atom. The molecule has 0 fully saturated rings. The Morgan fingerprint density at radius 3 is 2.86 bits per heavy atom. The van der Waals surface area contributed by atoms with Crippen LogP contribution in [-0.4, -0.2) is 40.2 Å². The molecule has 0 aliphatic carbocycles. The average Bonchev–Trinajstić information content (AvgIpc) is 2.49. The fraction of sp³-hybridized carbons (Fsp3) is 0.556. The van der Waals surface area contributed by atoms with Gasteiger partial charge in [-0.1, -0.05) is 0 Å². The Balaban J connectivity index is 2.65. The molecule has 5 heteroatoms. The van der Waals surface area contributed by atoms with Crippen molar-refractivity contribution in [3.8, 4) is 0 Å². The van der Waals surface area contributed by atoms with Crippen molar-refractivity contribution in [2.75, 3.05) is 13.6 Å². The van der Waals surface area contributed by atoms with Crippen LogP contribution < -0.4 is 5.73 Å². The van der Waals surface area contributed by atoms with E-state index in [-0.39, 0.29) is 11.9 Å². The third-order valence-electron chi connectivity index (χ3n) is 1.84. The van der Waals surface area contributed by atoms with E-state index < -0.39 is 0 Å². The fourth-order valence-corrected chi connectivity index (χ4v) is 1.24. The SMILES string of the molecule is CC(N)CN(C)C(=O)c1ccn(C)n1. The molecule has 1 amide bonds. The Hall–Kier alpha value is -1.36. The average molecular weight is 196 g/mol. The second-order valence-corrected chi connectivity index (χ2v) is 3.54. The standard InChI is InChI=1S/C9H16N4O/c1-7(10)6-12(2)9(14)8-4-5-13(3)11-8/h4-5,7H,6,10H2,1-3H3. The van der Waals surface area contributed by atoms with Crippen molar-refractivity contribution < 1.29 is 4.79 Å². The maximum atomic E-state index is 11.7. The van der Waals surface area contributed by atoms with Gasteiger partial charge in [-0.05, 0) is 13.0 Å². The normalized spacial score (nSPS) is 12.6. The van der Waals surface area contributed by atoms with Crippen LogP contribution in [0.25, 0.3) is 0 Å². The van der Waals surface area contributed by atoms with Gasteiger partial charge in [0.2, 0.25) is 0 Å². The predicted octanol–water partition coefficient (Wildman–Crippen LogP) is -0.161. The third kappa shape index (κ3) is 2.56. The van der Waals surface area contributed by atoms with Crippen molar-refractivity contribution in [3.63, 3.8) is 0 Å². The lowest BCUT2D eigenvalue weighted by molar-refractivity contribution is 0.0782. The van der Waals surface area contributed by atoms with Crippen LogP contribution in [0.2, 0.25) is 0 Å². The van der Waals surface area contributed by atoms with Crippen LogP contribution in [-0.2, 0) is 7.05 Å². The van der Waals surface area contributed by atoms with Gasteiger partial charge in [0.1, 0.15) is 5.69 Å². The molecule has 78 valence electrons. The molecule has 1 aromatic heterocycles. The molecule has 0 aliphatic rings. The minimum atomic E-state index is -0.0945. The van der Waals surface area contributed by atoms with Crippen LogP contribution in [0.1, 0.15) is 17.4 Å². The zero-order chi connectivity index (χ0) is 10.7. The molecule has 0 bridgehead atoms. The molecule has 5 nitrogen and oxygen atoms in total. The number of likely N-dealkylation sites (N-methyl/N-ethyl adjacent to an activating group) is 1. The summed E-state index contributed by atoms with van der Waals surface area (Å²) in [6.07, 6.45) is 1.74. The molecule has 2 N–H and O–H groups in total. The van der Waals surface area contributed by atoms with Crippen LogP contribution in [0, 0.1) is 0 Å². The molecule has 0 saturated heterocycles. The monoisotopic (exact) mass is 196 g/mol. The first kappa shape index (κ1) is 10.7. The van der Waals surface area contributed by atoms with E-state index in [9.17, 15) is 4.79 Å². The van der Waals surface area contributed by atoms with Gasteiger partial charge in [0, 0.05) is 32.9 Å². The molecule has 1 atom stereocenters. The molecule has 1 unspecified atom stereocenters. The highest BCUT2D eigenvalue weighted by atomic mass is 16.2. The first-order valence-corrected chi connectivity index (χ1v) is 4.51. The van der Waals surface area contributed by atoms with Crippen molar-refractivity contribution in [1.82, 2.24) is 14.7 Å². The highest BCUT2D eigenvalue weighted by Gasteiger charge is 2.14. The van der Waals surface area contributed by atoms with E-state index in [4.69, 9.17) is 5.73 Å². The number of amides is 1. The molecular weight excluding hydrogens is 180 g/mol. The smallest absolute Gasteiger partial charge is 0.274 e.